The first-order valence-electron chi connectivity index (χ1n) is 1.73. The second kappa shape index (κ2) is 4.95. The van der Waals surface area contributed by atoms with Crippen LogP contribution in [-0.4, -0.2) is 22.6 Å². The Morgan fingerprint density at radius 1 is 0.714 bits per heavy atom. The van der Waals surface area contributed by atoms with Crippen molar-refractivity contribution in [1.82, 2.24) is 15.4 Å². The fourth-order valence-electron chi connectivity index (χ4n) is 0.269. The molecule has 0 saturated carbocycles. The summed E-state index contributed by atoms with van der Waals surface area (Å²) in [4.78, 5) is 0. The number of rotatable bonds is 0. The van der Waals surface area contributed by atoms with Crippen LogP contribution in [0.4, 0.5) is 0 Å². The van der Waals surface area contributed by atoms with E-state index in [0.717, 1.165) is 0 Å². The summed E-state index contributed by atoms with van der Waals surface area (Å²) in [6, 6.07) is 0. The first kappa shape index (κ1) is 7.80. The highest BCUT2D eigenvalue weighted by molar-refractivity contribution is 14.0. The Bertz CT molecular complexity index is 25.7. The Balaban J connectivity index is 0.000000360. The van der Waals surface area contributed by atoms with Crippen molar-refractivity contribution in [1.29, 1.82) is 0 Å². The summed E-state index contributed by atoms with van der Waals surface area (Å²) in [5, 5.41) is 8.34. The summed E-state index contributed by atoms with van der Waals surface area (Å²) in [5.41, 5.74) is 0. The smallest absolute Gasteiger partial charge is 0.284 e. The molecule has 0 amide bonds. The van der Waals surface area contributed by atoms with Crippen molar-refractivity contribution in [2.24, 2.45) is 0 Å². The number of halogens is 1. The first-order valence-corrected chi connectivity index (χ1v) is 1.73. The summed E-state index contributed by atoms with van der Waals surface area (Å²) in [6.45, 7) is 0. The third-order valence-electron chi connectivity index (χ3n) is 0.500. The lowest BCUT2D eigenvalue weighted by Crippen LogP contribution is -2.55. The molecule has 1 heterocycles. The van der Waals surface area contributed by atoms with E-state index in [1.807, 2.05) is 0 Å². The van der Waals surface area contributed by atoms with Crippen LogP contribution in [0.15, 0.2) is 0 Å². The van der Waals surface area contributed by atoms with Crippen LogP contribution >= 0.6 is 24.0 Å². The molecule has 3 nitrogen and oxygen atoms in total. The Kier molecular flexibility index (Phi) is 5.52. The van der Waals surface area contributed by atoms with Gasteiger partial charge in [-0.1, -0.05) is 0 Å². The lowest BCUT2D eigenvalue weighted by molar-refractivity contribution is 1.28. The minimum absolute atomic E-state index is 0. The number of hydrogen-bond donors (Lipinski definition) is 3. The van der Waals surface area contributed by atoms with Gasteiger partial charge in [0.1, 0.15) is 0 Å². The molecule has 0 spiro atoms. The van der Waals surface area contributed by atoms with E-state index in [1.165, 1.54) is 0 Å². The summed E-state index contributed by atoms with van der Waals surface area (Å²) in [5.74, 6) is 0. The molecular formula is H4B3IN3. The second-order valence-corrected chi connectivity index (χ2v) is 0.933. The predicted octanol–water partition coefficient (Wildman–Crippen LogP) is -2.01. The van der Waals surface area contributed by atoms with Gasteiger partial charge in [-0.25, -0.2) is 0 Å². The number of hydrogen-bond acceptors (Lipinski definition) is 3. The maximum absolute atomic E-state index is 2.78. The van der Waals surface area contributed by atoms with E-state index in [2.05, 4.69) is 15.4 Å². The van der Waals surface area contributed by atoms with Crippen molar-refractivity contribution >= 4 is 46.6 Å². The zero-order valence-electron chi connectivity index (χ0n) is 3.64. The Morgan fingerprint density at radius 3 is 1.14 bits per heavy atom. The third kappa shape index (κ3) is 3.39. The molecular weight excluding hydrogens is 201 g/mol. The summed E-state index contributed by atoms with van der Waals surface area (Å²) in [6.07, 6.45) is 0. The Labute approximate surface area is 62.3 Å². The van der Waals surface area contributed by atoms with Gasteiger partial charge >= 0.3 is 0 Å². The average molecular weight is 205 g/mol. The highest BCUT2D eigenvalue weighted by Crippen LogP contribution is 1.46. The standard InChI is InChI=1S/B3H3N3.HI/c1-4-2-6-3-5-1;/h4-6H;1H. The molecule has 3 N–H and O–H groups in total. The number of nitrogens with one attached hydrogen (secondary N) is 3. The third-order valence-corrected chi connectivity index (χ3v) is 0.500. The molecule has 0 atom stereocenters. The summed E-state index contributed by atoms with van der Waals surface area (Å²) in [7, 11) is 5.16. The van der Waals surface area contributed by atoms with Crippen molar-refractivity contribution in [3.8, 4) is 0 Å². The Morgan fingerprint density at radius 2 is 1.00 bits per heavy atom. The van der Waals surface area contributed by atoms with Gasteiger partial charge in [0.05, 0.1) is 0 Å². The minimum Gasteiger partial charge on any atom is -0.379 e. The maximum atomic E-state index is 2.78. The molecule has 35 valence electrons. The monoisotopic (exact) mass is 206 g/mol. The SMILES string of the molecule is I.[B]1N[B]N[B]N1. The highest BCUT2D eigenvalue weighted by atomic mass is 127. The van der Waals surface area contributed by atoms with E-state index in [1.54, 1.807) is 22.6 Å². The van der Waals surface area contributed by atoms with Crippen molar-refractivity contribution in [2.45, 2.75) is 0 Å². The Hall–Kier alpha value is 0.805. The molecule has 3 radical (unpaired) electrons. The topological polar surface area (TPSA) is 36.1 Å². The lowest BCUT2D eigenvalue weighted by atomic mass is 9.85. The van der Waals surface area contributed by atoms with Crippen LogP contribution in [0, 0.1) is 0 Å². The molecule has 1 rings (SSSR count). The zero-order valence-corrected chi connectivity index (χ0v) is 5.97. The lowest BCUT2D eigenvalue weighted by Gasteiger charge is -2.07. The van der Waals surface area contributed by atoms with Gasteiger partial charge in [0.2, 0.25) is 0 Å². The van der Waals surface area contributed by atoms with Gasteiger partial charge in [-0.2, -0.15) is 0 Å². The van der Waals surface area contributed by atoms with Crippen LogP contribution in [0.25, 0.3) is 0 Å². The average Bonchev–Trinajstić information content (AvgIpc) is 1.72. The van der Waals surface area contributed by atoms with Crippen molar-refractivity contribution in [3.63, 3.8) is 0 Å². The van der Waals surface area contributed by atoms with Crippen LogP contribution in [0.1, 0.15) is 0 Å². The van der Waals surface area contributed by atoms with E-state index in [0.29, 0.717) is 0 Å². The van der Waals surface area contributed by atoms with E-state index in [-0.39, 0.29) is 24.0 Å². The fraction of sp³-hybridized carbons (Fsp3) is 0. The zero-order chi connectivity index (χ0) is 4.24. The van der Waals surface area contributed by atoms with Crippen molar-refractivity contribution in [2.75, 3.05) is 0 Å². The van der Waals surface area contributed by atoms with Gasteiger partial charge in [0, 0.05) is 0 Å². The molecule has 7 heteroatoms. The molecule has 0 aromatic heterocycles. The predicted molar refractivity (Wildman–Crippen MR) is 42.1 cm³/mol. The largest absolute Gasteiger partial charge is 0.379 e. The van der Waals surface area contributed by atoms with Crippen molar-refractivity contribution < 1.29 is 0 Å². The van der Waals surface area contributed by atoms with Gasteiger partial charge in [-0.3, -0.25) is 0 Å². The van der Waals surface area contributed by atoms with Crippen LogP contribution in [0.5, 0.6) is 0 Å². The van der Waals surface area contributed by atoms with E-state index in [4.69, 9.17) is 0 Å². The first-order chi connectivity index (χ1) is 3.00. The van der Waals surface area contributed by atoms with Crippen LogP contribution < -0.4 is 15.4 Å². The summed E-state index contributed by atoms with van der Waals surface area (Å²) < 4.78 is 0. The van der Waals surface area contributed by atoms with Crippen molar-refractivity contribution in [3.05, 3.63) is 0 Å². The van der Waals surface area contributed by atoms with Gasteiger partial charge in [-0.15, -0.1) is 24.0 Å². The van der Waals surface area contributed by atoms with E-state index >= 15 is 0 Å². The molecule has 1 saturated heterocycles. The fourth-order valence-corrected chi connectivity index (χ4v) is 0.269. The van der Waals surface area contributed by atoms with Gasteiger partial charge in [-0.05, 0) is 0 Å². The molecule has 1 aliphatic rings. The van der Waals surface area contributed by atoms with Crippen LogP contribution in [0.2, 0.25) is 0 Å². The molecule has 0 aromatic carbocycles. The van der Waals surface area contributed by atoms with Crippen LogP contribution in [0.3, 0.4) is 0 Å². The normalized spacial score (nSPS) is 17.1. The van der Waals surface area contributed by atoms with Crippen LogP contribution in [-0.2, 0) is 0 Å². The molecule has 7 heavy (non-hydrogen) atoms. The van der Waals surface area contributed by atoms with E-state index < -0.39 is 0 Å². The molecule has 0 bridgehead atoms. The van der Waals surface area contributed by atoms with E-state index in [9.17, 15) is 0 Å². The van der Waals surface area contributed by atoms with Gasteiger partial charge < -0.3 is 15.4 Å². The molecule has 0 aliphatic carbocycles. The second-order valence-electron chi connectivity index (χ2n) is 0.933. The molecule has 1 aliphatic heterocycles. The van der Waals surface area contributed by atoms with Gasteiger partial charge in [0.15, 0.2) is 0 Å². The molecule has 0 aromatic rings. The van der Waals surface area contributed by atoms with Gasteiger partial charge in [0.25, 0.3) is 22.6 Å². The summed E-state index contributed by atoms with van der Waals surface area (Å²) >= 11 is 0. The quantitative estimate of drug-likeness (QED) is 0.316. The minimum atomic E-state index is 0. The highest BCUT2D eigenvalue weighted by Gasteiger charge is 1.98. The molecule has 1 fully saturated rings. The molecule has 0 unspecified atom stereocenters. The maximum Gasteiger partial charge on any atom is 0.284 e.